The molecule has 236 valence electrons. The van der Waals surface area contributed by atoms with Crippen LogP contribution in [0, 0.1) is 15.3 Å². The van der Waals surface area contributed by atoms with Gasteiger partial charge in [0, 0.05) is 18.6 Å². The average Bonchev–Trinajstić information content (AvgIpc) is 2.92. The van der Waals surface area contributed by atoms with E-state index in [0.717, 1.165) is 0 Å². The maximum atomic E-state index is 9.87. The van der Waals surface area contributed by atoms with Crippen LogP contribution in [0.5, 0.6) is 0 Å². The fourth-order valence-corrected chi connectivity index (χ4v) is 1.88. The maximum Gasteiger partial charge on any atom is 2.00 e. The molecule has 0 fully saturated rings. The Hall–Kier alpha value is -4.44. The van der Waals surface area contributed by atoms with Gasteiger partial charge in [-0.2, -0.15) is 0 Å². The van der Waals surface area contributed by atoms with Crippen molar-refractivity contribution in [2.75, 3.05) is 0 Å². The Labute approximate surface area is 244 Å². The summed E-state index contributed by atoms with van der Waals surface area (Å²) in [6.07, 6.45) is 4.97. The molecule has 13 nitrogen and oxygen atoms in total. The molecule has 0 amide bonds. The first-order valence-electron chi connectivity index (χ1n) is 10.4. The molecule has 3 aromatic heterocycles. The van der Waals surface area contributed by atoms with Gasteiger partial charge in [-0.15, -0.1) is 0 Å². The molecule has 0 atom stereocenters. The predicted molar refractivity (Wildman–Crippen MR) is 139 cm³/mol. The molecule has 0 radical (unpaired) electrons. The molecule has 3 rings (SSSR count). The summed E-state index contributed by atoms with van der Waals surface area (Å²) in [5, 5.41) is 48.8. The van der Waals surface area contributed by atoms with Crippen LogP contribution >= 0.6 is 7.81 Å². The van der Waals surface area contributed by atoms with Crippen molar-refractivity contribution in [1.82, 2.24) is 15.0 Å². The topological polar surface area (TPSA) is 203 Å². The van der Waals surface area contributed by atoms with Crippen LogP contribution in [0.2, 0.25) is 0 Å². The molecule has 0 saturated heterocycles. The zero-order chi connectivity index (χ0) is 32.2. The molecule has 0 spiro atoms. The van der Waals surface area contributed by atoms with Gasteiger partial charge in [0.05, 0.1) is 22.2 Å². The quantitative estimate of drug-likeness (QED) is 0.0498. The fraction of sp³-hybridized carbons (Fsp3) is 0.143. The molecule has 3 aromatic rings. The number of rotatable bonds is 3. The van der Waals surface area contributed by atoms with Gasteiger partial charge in [0.1, 0.15) is 17.1 Å². The maximum absolute atomic E-state index is 10.7. The van der Waals surface area contributed by atoms with E-state index in [9.17, 15) is 25.2 Å². The first-order chi connectivity index (χ1) is 18.7. The summed E-state index contributed by atoms with van der Waals surface area (Å²) < 4.78 is 59.2. The summed E-state index contributed by atoms with van der Waals surface area (Å²) in [7, 11) is -10.7. The minimum Gasteiger partial charge on any atom is -0.356 e. The second-order valence-electron chi connectivity index (χ2n) is 6.88. The number of oxime groups is 3. The van der Waals surface area contributed by atoms with Crippen LogP contribution < -0.4 is 0 Å². The van der Waals surface area contributed by atoms with E-state index in [1.54, 1.807) is 57.6 Å². The normalized spacial score (nSPS) is 12.6. The second kappa shape index (κ2) is 18.8. The van der Waals surface area contributed by atoms with Gasteiger partial charge in [-0.05, 0) is 57.2 Å². The van der Waals surface area contributed by atoms with E-state index in [1.165, 1.54) is 0 Å². The molecule has 0 unspecified atom stereocenters. The average molecular weight is 674 g/mol. The number of nitrogens with zero attached hydrogens (tertiary/aromatic N) is 7. The third-order valence-electron chi connectivity index (χ3n) is 3.56. The zero-order valence-electron chi connectivity index (χ0n) is 21.7. The van der Waals surface area contributed by atoms with Gasteiger partial charge in [0.25, 0.3) is 0 Å². The van der Waals surface area contributed by atoms with E-state index in [1.807, 2.05) is 36.4 Å². The summed E-state index contributed by atoms with van der Waals surface area (Å²) in [6, 6.07) is 16.3. The van der Waals surface area contributed by atoms with Gasteiger partial charge < -0.3 is 30.9 Å². The van der Waals surface area contributed by atoms with Crippen molar-refractivity contribution < 1.29 is 62.4 Å². The Balaban J connectivity index is -0.000000463. The minimum atomic E-state index is -10.7. The number of hydrogen-bond acceptors (Lipinski definition) is 12. The van der Waals surface area contributed by atoms with Crippen molar-refractivity contribution >= 4 is 24.9 Å². The number of hydrogen-bond donors (Lipinski definition) is 3. The van der Waals surface area contributed by atoms with E-state index >= 15 is 0 Å². The molecule has 3 heterocycles. The van der Waals surface area contributed by atoms with E-state index in [0.29, 0.717) is 34.2 Å². The van der Waals surface area contributed by atoms with Crippen molar-refractivity contribution in [3.05, 3.63) is 106 Å². The standard InChI is InChI=1S/3C7H8N2O.F6P.NO3.Ni/c3*1-6(9-10)7-4-2-3-5-8-7;1-7(2,3,4,5)6;2-1(3)4;/h3*2-5,10H,1H3;;;/q;;;2*-1;+2/b3*9-6+;;;. The third kappa shape index (κ3) is 30.1. The molecule has 0 bridgehead atoms. The Bertz CT molecular complexity index is 1130. The van der Waals surface area contributed by atoms with Gasteiger partial charge in [-0.1, -0.05) is 33.7 Å². The summed E-state index contributed by atoms with van der Waals surface area (Å²) in [4.78, 5) is 20.1. The monoisotopic (exact) mass is 673 g/mol. The summed E-state index contributed by atoms with van der Waals surface area (Å²) in [5.74, 6) is 0. The van der Waals surface area contributed by atoms with Crippen LogP contribution in [0.25, 0.3) is 0 Å². The number of aromatic nitrogens is 3. The molecule has 21 heteroatoms. The van der Waals surface area contributed by atoms with Crippen molar-refractivity contribution in [2.45, 2.75) is 20.8 Å². The van der Waals surface area contributed by atoms with Gasteiger partial charge in [0.2, 0.25) is 0 Å². The molecular weight excluding hydrogens is 650 g/mol. The predicted octanol–water partition coefficient (Wildman–Crippen LogP) is 6.98. The summed E-state index contributed by atoms with van der Waals surface area (Å²) in [5.41, 5.74) is 3.68. The van der Waals surface area contributed by atoms with E-state index in [2.05, 4.69) is 30.4 Å². The van der Waals surface area contributed by atoms with Crippen LogP contribution in [0.15, 0.2) is 88.7 Å². The molecule has 3 N–H and O–H groups in total. The molecule has 42 heavy (non-hydrogen) atoms. The smallest absolute Gasteiger partial charge is 0.356 e. The molecule has 0 aromatic carbocycles. The molecular formula is C21H24F6N7NiO6P. The second-order valence-corrected chi connectivity index (χ2v) is 8.80. The van der Waals surface area contributed by atoms with E-state index in [4.69, 9.17) is 30.9 Å². The van der Waals surface area contributed by atoms with E-state index in [-0.39, 0.29) is 16.5 Å². The fourth-order valence-electron chi connectivity index (χ4n) is 1.88. The number of halogens is 6. The third-order valence-corrected chi connectivity index (χ3v) is 3.56. The van der Waals surface area contributed by atoms with Gasteiger partial charge in [-0.25, -0.2) is 0 Å². The van der Waals surface area contributed by atoms with Gasteiger partial charge >= 0.3 is 49.5 Å². The SMILES string of the molecule is C/C(=N\O)c1ccccn1.C/C(=N\O)c1ccccn1.C/C(=N\O)c1ccccn1.F[P-](F)(F)(F)(F)F.O=[N+]([O-])[O-].[Ni+2]. The summed E-state index contributed by atoms with van der Waals surface area (Å²) in [6.45, 7) is 5.09. The van der Waals surface area contributed by atoms with E-state index < -0.39 is 12.9 Å². The van der Waals surface area contributed by atoms with Crippen molar-refractivity contribution in [2.24, 2.45) is 15.5 Å². The minimum absolute atomic E-state index is 0. The van der Waals surface area contributed by atoms with Gasteiger partial charge in [-0.3, -0.25) is 15.0 Å². The first kappa shape index (κ1) is 42.0. The van der Waals surface area contributed by atoms with Crippen LogP contribution in [-0.2, 0) is 16.5 Å². The molecule has 0 aliphatic carbocycles. The molecule has 0 saturated carbocycles. The number of pyridine rings is 3. The van der Waals surface area contributed by atoms with Crippen LogP contribution in [-0.4, -0.2) is 52.8 Å². The van der Waals surface area contributed by atoms with Crippen LogP contribution in [0.1, 0.15) is 37.9 Å². The Kier molecular flexibility index (Phi) is 18.8. The van der Waals surface area contributed by atoms with Crippen LogP contribution in [0.3, 0.4) is 0 Å². The van der Waals surface area contributed by atoms with Gasteiger partial charge in [0.15, 0.2) is 0 Å². The van der Waals surface area contributed by atoms with Crippen molar-refractivity contribution in [3.8, 4) is 0 Å². The Morgan fingerprint density at radius 3 is 0.952 bits per heavy atom. The first-order valence-corrected chi connectivity index (χ1v) is 12.4. The molecule has 0 aliphatic rings. The summed E-state index contributed by atoms with van der Waals surface area (Å²) >= 11 is 0. The Morgan fingerprint density at radius 2 is 0.833 bits per heavy atom. The zero-order valence-corrected chi connectivity index (χ0v) is 23.5. The van der Waals surface area contributed by atoms with Crippen molar-refractivity contribution in [3.63, 3.8) is 0 Å². The van der Waals surface area contributed by atoms with Crippen molar-refractivity contribution in [1.29, 1.82) is 0 Å². The van der Waals surface area contributed by atoms with Crippen LogP contribution in [0.4, 0.5) is 25.2 Å². The largest absolute Gasteiger partial charge is 2.00 e. The molecule has 0 aliphatic heterocycles. The Morgan fingerprint density at radius 1 is 0.643 bits per heavy atom.